The minimum Gasteiger partial charge on any atom is -0.457 e. The van der Waals surface area contributed by atoms with Crippen LogP contribution in [0.4, 0.5) is 0 Å². The Morgan fingerprint density at radius 3 is 2.35 bits per heavy atom. The standard InChI is InChI=1S/C19H24O/c1-3-4-6-11-16(2)18-14-9-10-15-19(18)20-17-12-7-5-8-13-17/h5,7-10,12-16H,3-4,6,11H2,1-2H3. The fourth-order valence-corrected chi connectivity index (χ4v) is 2.45. The van der Waals surface area contributed by atoms with Crippen LogP contribution in [0, 0.1) is 0 Å². The van der Waals surface area contributed by atoms with Crippen LogP contribution >= 0.6 is 0 Å². The first-order valence-corrected chi connectivity index (χ1v) is 7.63. The Morgan fingerprint density at radius 2 is 1.60 bits per heavy atom. The van der Waals surface area contributed by atoms with Gasteiger partial charge in [0.15, 0.2) is 0 Å². The van der Waals surface area contributed by atoms with Crippen molar-refractivity contribution < 1.29 is 4.74 Å². The zero-order valence-corrected chi connectivity index (χ0v) is 12.5. The quantitative estimate of drug-likeness (QED) is 0.546. The van der Waals surface area contributed by atoms with Crippen LogP contribution in [0.5, 0.6) is 11.5 Å². The van der Waals surface area contributed by atoms with Gasteiger partial charge in [-0.3, -0.25) is 0 Å². The van der Waals surface area contributed by atoms with Crippen LogP contribution in [0.2, 0.25) is 0 Å². The normalized spacial score (nSPS) is 12.1. The number of rotatable bonds is 7. The zero-order valence-electron chi connectivity index (χ0n) is 12.5. The third-order valence-electron chi connectivity index (χ3n) is 3.66. The maximum atomic E-state index is 6.04. The molecule has 1 heteroatoms. The molecule has 1 nitrogen and oxygen atoms in total. The van der Waals surface area contributed by atoms with Crippen molar-refractivity contribution in [2.24, 2.45) is 0 Å². The zero-order chi connectivity index (χ0) is 14.2. The summed E-state index contributed by atoms with van der Waals surface area (Å²) in [6.45, 7) is 4.54. The highest BCUT2D eigenvalue weighted by molar-refractivity contribution is 5.39. The van der Waals surface area contributed by atoms with Crippen molar-refractivity contribution in [2.45, 2.75) is 45.4 Å². The molecule has 0 aliphatic rings. The molecule has 2 rings (SSSR count). The molecule has 106 valence electrons. The summed E-state index contributed by atoms with van der Waals surface area (Å²) >= 11 is 0. The number of benzene rings is 2. The predicted molar refractivity (Wildman–Crippen MR) is 85.5 cm³/mol. The molecule has 20 heavy (non-hydrogen) atoms. The fourth-order valence-electron chi connectivity index (χ4n) is 2.45. The van der Waals surface area contributed by atoms with Gasteiger partial charge in [-0.25, -0.2) is 0 Å². The second kappa shape index (κ2) is 7.74. The van der Waals surface area contributed by atoms with Crippen molar-refractivity contribution in [3.05, 3.63) is 60.2 Å². The van der Waals surface area contributed by atoms with E-state index < -0.39 is 0 Å². The van der Waals surface area contributed by atoms with E-state index in [1.165, 1.54) is 31.2 Å². The van der Waals surface area contributed by atoms with E-state index in [1.807, 2.05) is 36.4 Å². The third-order valence-corrected chi connectivity index (χ3v) is 3.66. The van der Waals surface area contributed by atoms with Gasteiger partial charge in [-0.2, -0.15) is 0 Å². The van der Waals surface area contributed by atoms with Gasteiger partial charge >= 0.3 is 0 Å². The molecule has 0 radical (unpaired) electrons. The maximum absolute atomic E-state index is 6.04. The first-order chi connectivity index (χ1) is 9.81. The Morgan fingerprint density at radius 1 is 0.900 bits per heavy atom. The van der Waals surface area contributed by atoms with Crippen LogP contribution in [-0.4, -0.2) is 0 Å². The highest BCUT2D eigenvalue weighted by Gasteiger charge is 2.11. The second-order valence-corrected chi connectivity index (χ2v) is 5.35. The molecule has 0 saturated carbocycles. The lowest BCUT2D eigenvalue weighted by Crippen LogP contribution is -1.97. The van der Waals surface area contributed by atoms with E-state index in [-0.39, 0.29) is 0 Å². The van der Waals surface area contributed by atoms with Crippen LogP contribution in [0.15, 0.2) is 54.6 Å². The molecule has 0 aliphatic heterocycles. The van der Waals surface area contributed by atoms with Gasteiger partial charge in [0.05, 0.1) is 0 Å². The van der Waals surface area contributed by atoms with Crippen LogP contribution < -0.4 is 4.74 Å². The molecule has 2 aromatic carbocycles. The van der Waals surface area contributed by atoms with E-state index in [9.17, 15) is 0 Å². The third kappa shape index (κ3) is 4.12. The molecule has 0 aliphatic carbocycles. The molecule has 1 unspecified atom stereocenters. The summed E-state index contributed by atoms with van der Waals surface area (Å²) in [6, 6.07) is 18.4. The van der Waals surface area contributed by atoms with Gasteiger partial charge in [0, 0.05) is 0 Å². The van der Waals surface area contributed by atoms with E-state index in [1.54, 1.807) is 0 Å². The molecule has 0 fully saturated rings. The number of hydrogen-bond donors (Lipinski definition) is 0. The Hall–Kier alpha value is -1.76. The SMILES string of the molecule is CCCCCC(C)c1ccccc1Oc1ccccc1. The topological polar surface area (TPSA) is 9.23 Å². The van der Waals surface area contributed by atoms with Gasteiger partial charge in [-0.15, -0.1) is 0 Å². The van der Waals surface area contributed by atoms with Crippen molar-refractivity contribution in [3.63, 3.8) is 0 Å². The molecule has 0 bridgehead atoms. The second-order valence-electron chi connectivity index (χ2n) is 5.35. The molecule has 0 aromatic heterocycles. The van der Waals surface area contributed by atoms with Gasteiger partial charge in [0.1, 0.15) is 11.5 Å². The Balaban J connectivity index is 2.09. The molecule has 0 saturated heterocycles. The number of ether oxygens (including phenoxy) is 1. The number of unbranched alkanes of at least 4 members (excludes halogenated alkanes) is 2. The van der Waals surface area contributed by atoms with Crippen LogP contribution in [0.25, 0.3) is 0 Å². The minimum absolute atomic E-state index is 0.543. The Labute approximate surface area is 122 Å². The molecule has 0 amide bonds. The fraction of sp³-hybridized carbons (Fsp3) is 0.368. The molecular formula is C19H24O. The molecule has 0 spiro atoms. The van der Waals surface area contributed by atoms with Crippen molar-refractivity contribution >= 4 is 0 Å². The monoisotopic (exact) mass is 268 g/mol. The molecule has 0 heterocycles. The van der Waals surface area contributed by atoms with Crippen LogP contribution in [0.3, 0.4) is 0 Å². The van der Waals surface area contributed by atoms with E-state index in [2.05, 4.69) is 32.0 Å². The molecule has 2 aromatic rings. The van der Waals surface area contributed by atoms with E-state index >= 15 is 0 Å². The highest BCUT2D eigenvalue weighted by Crippen LogP contribution is 2.32. The number of para-hydroxylation sites is 2. The van der Waals surface area contributed by atoms with E-state index in [4.69, 9.17) is 4.74 Å². The smallest absolute Gasteiger partial charge is 0.130 e. The summed E-state index contributed by atoms with van der Waals surface area (Å²) in [6.07, 6.45) is 5.10. The summed E-state index contributed by atoms with van der Waals surface area (Å²) in [5, 5.41) is 0. The lowest BCUT2D eigenvalue weighted by molar-refractivity contribution is 0.466. The Kier molecular flexibility index (Phi) is 5.67. The lowest BCUT2D eigenvalue weighted by Gasteiger charge is -2.16. The van der Waals surface area contributed by atoms with Crippen LogP contribution in [-0.2, 0) is 0 Å². The predicted octanol–water partition coefficient (Wildman–Crippen LogP) is 6.16. The summed E-state index contributed by atoms with van der Waals surface area (Å²) in [7, 11) is 0. The van der Waals surface area contributed by atoms with Crippen molar-refractivity contribution in [1.29, 1.82) is 0 Å². The van der Waals surface area contributed by atoms with Crippen molar-refractivity contribution in [2.75, 3.05) is 0 Å². The molecule has 1 atom stereocenters. The van der Waals surface area contributed by atoms with Gasteiger partial charge in [-0.05, 0) is 36.1 Å². The van der Waals surface area contributed by atoms with Gasteiger partial charge < -0.3 is 4.74 Å². The van der Waals surface area contributed by atoms with Gasteiger partial charge in [0.25, 0.3) is 0 Å². The molecular weight excluding hydrogens is 244 g/mol. The first kappa shape index (κ1) is 14.6. The maximum Gasteiger partial charge on any atom is 0.130 e. The summed E-state index contributed by atoms with van der Waals surface area (Å²) in [5.74, 6) is 2.44. The summed E-state index contributed by atoms with van der Waals surface area (Å²) < 4.78 is 6.04. The largest absolute Gasteiger partial charge is 0.457 e. The van der Waals surface area contributed by atoms with Gasteiger partial charge in [0.2, 0.25) is 0 Å². The summed E-state index contributed by atoms with van der Waals surface area (Å²) in [5.41, 5.74) is 1.31. The average molecular weight is 268 g/mol. The highest BCUT2D eigenvalue weighted by atomic mass is 16.5. The summed E-state index contributed by atoms with van der Waals surface area (Å²) in [4.78, 5) is 0. The van der Waals surface area contributed by atoms with Crippen LogP contribution in [0.1, 0.15) is 51.0 Å². The van der Waals surface area contributed by atoms with Gasteiger partial charge in [-0.1, -0.05) is 69.5 Å². The van der Waals surface area contributed by atoms with Crippen molar-refractivity contribution in [3.8, 4) is 11.5 Å². The van der Waals surface area contributed by atoms with E-state index in [0.29, 0.717) is 5.92 Å². The minimum atomic E-state index is 0.543. The first-order valence-electron chi connectivity index (χ1n) is 7.63. The lowest BCUT2D eigenvalue weighted by atomic mass is 9.94. The molecule has 0 N–H and O–H groups in total. The van der Waals surface area contributed by atoms with Crippen molar-refractivity contribution in [1.82, 2.24) is 0 Å². The average Bonchev–Trinajstić information content (AvgIpc) is 2.49. The number of hydrogen-bond acceptors (Lipinski definition) is 1. The van der Waals surface area contributed by atoms with E-state index in [0.717, 1.165) is 11.5 Å². The Bertz CT molecular complexity index is 504.